The van der Waals surface area contributed by atoms with Crippen molar-refractivity contribution >= 4 is 0 Å². The lowest BCUT2D eigenvalue weighted by Crippen LogP contribution is -2.41. The summed E-state index contributed by atoms with van der Waals surface area (Å²) in [6, 6.07) is 5.67. The van der Waals surface area contributed by atoms with Crippen LogP contribution in [0.4, 0.5) is 4.39 Å². The number of nitrogens with zero attached hydrogens (tertiary/aromatic N) is 1. The monoisotopic (exact) mass is 250 g/mol. The van der Waals surface area contributed by atoms with Gasteiger partial charge in [-0.25, -0.2) is 4.39 Å². The Hall–Kier alpha value is -0.930. The molecule has 1 aliphatic heterocycles. The lowest BCUT2D eigenvalue weighted by molar-refractivity contribution is 0.154. The fourth-order valence-corrected chi connectivity index (χ4v) is 2.73. The zero-order valence-electron chi connectivity index (χ0n) is 11.3. The molecule has 0 amide bonds. The molecule has 2 unspecified atom stereocenters. The Balaban J connectivity index is 1.98. The van der Waals surface area contributed by atoms with Crippen molar-refractivity contribution in [3.05, 3.63) is 35.1 Å². The third-order valence-corrected chi connectivity index (χ3v) is 3.91. The van der Waals surface area contributed by atoms with E-state index in [9.17, 15) is 4.39 Å². The summed E-state index contributed by atoms with van der Waals surface area (Å²) >= 11 is 0. The van der Waals surface area contributed by atoms with Crippen molar-refractivity contribution in [1.29, 1.82) is 0 Å². The van der Waals surface area contributed by atoms with Crippen molar-refractivity contribution in [3.63, 3.8) is 0 Å². The van der Waals surface area contributed by atoms with Crippen LogP contribution in [0.15, 0.2) is 18.2 Å². The molecule has 1 fully saturated rings. The Bertz CT molecular complexity index is 403. The zero-order chi connectivity index (χ0) is 13.1. The van der Waals surface area contributed by atoms with Gasteiger partial charge >= 0.3 is 0 Å². The van der Waals surface area contributed by atoms with Gasteiger partial charge in [0, 0.05) is 19.1 Å². The molecule has 2 atom stereocenters. The minimum atomic E-state index is -0.120. The summed E-state index contributed by atoms with van der Waals surface area (Å²) in [5, 5.41) is 0. The lowest BCUT2D eigenvalue weighted by Gasteiger charge is -2.34. The molecule has 2 nitrogen and oxygen atoms in total. The van der Waals surface area contributed by atoms with E-state index in [0.717, 1.165) is 25.2 Å². The zero-order valence-corrected chi connectivity index (χ0v) is 11.3. The number of aryl methyl sites for hydroxylation is 1. The average Bonchev–Trinajstić information content (AvgIpc) is 2.34. The smallest absolute Gasteiger partial charge is 0.126 e. The molecule has 0 bridgehead atoms. The third-order valence-electron chi connectivity index (χ3n) is 3.91. The highest BCUT2D eigenvalue weighted by Crippen LogP contribution is 2.21. The first-order valence-corrected chi connectivity index (χ1v) is 6.79. The molecular weight excluding hydrogens is 227 g/mol. The quantitative estimate of drug-likeness (QED) is 0.893. The number of nitrogens with two attached hydrogens (primary N) is 1. The molecule has 0 spiro atoms. The van der Waals surface area contributed by atoms with Crippen molar-refractivity contribution in [1.82, 2.24) is 4.90 Å². The van der Waals surface area contributed by atoms with E-state index in [1.54, 1.807) is 6.07 Å². The van der Waals surface area contributed by atoms with Crippen LogP contribution in [0.2, 0.25) is 0 Å². The predicted octanol–water partition coefficient (Wildman–Crippen LogP) is 2.69. The molecular formula is C15H23FN2. The van der Waals surface area contributed by atoms with Gasteiger partial charge in [0.2, 0.25) is 0 Å². The number of benzene rings is 1. The summed E-state index contributed by atoms with van der Waals surface area (Å²) in [6.07, 6.45) is 2.45. The van der Waals surface area contributed by atoms with Gasteiger partial charge in [0.25, 0.3) is 0 Å². The van der Waals surface area contributed by atoms with Crippen LogP contribution in [0.25, 0.3) is 0 Å². The second kappa shape index (κ2) is 5.81. The van der Waals surface area contributed by atoms with Gasteiger partial charge in [-0.1, -0.05) is 12.1 Å². The maximum Gasteiger partial charge on any atom is 0.126 e. The standard InChI is InChI=1S/C15H23FN2/c1-11-8-13(5-6-15(11)16)9-18-7-3-4-14(10-18)12(2)17/h5-6,8,12,14H,3-4,7,9-10,17H2,1-2H3. The highest BCUT2D eigenvalue weighted by molar-refractivity contribution is 5.23. The molecule has 1 aromatic carbocycles. The van der Waals surface area contributed by atoms with Crippen molar-refractivity contribution in [2.75, 3.05) is 13.1 Å². The van der Waals surface area contributed by atoms with E-state index in [4.69, 9.17) is 5.73 Å². The summed E-state index contributed by atoms with van der Waals surface area (Å²) in [4.78, 5) is 2.43. The summed E-state index contributed by atoms with van der Waals surface area (Å²) < 4.78 is 13.2. The Labute approximate surface area is 109 Å². The maximum absolute atomic E-state index is 13.2. The fraction of sp³-hybridized carbons (Fsp3) is 0.600. The molecule has 1 saturated heterocycles. The van der Waals surface area contributed by atoms with E-state index in [-0.39, 0.29) is 11.9 Å². The maximum atomic E-state index is 13.2. The lowest BCUT2D eigenvalue weighted by atomic mass is 9.92. The molecule has 0 aliphatic carbocycles. The second-order valence-electron chi connectivity index (χ2n) is 5.58. The Morgan fingerprint density at radius 1 is 1.50 bits per heavy atom. The molecule has 18 heavy (non-hydrogen) atoms. The highest BCUT2D eigenvalue weighted by Gasteiger charge is 2.22. The summed E-state index contributed by atoms with van der Waals surface area (Å²) in [6.45, 7) is 7.01. The van der Waals surface area contributed by atoms with Crippen LogP contribution in [0.1, 0.15) is 30.9 Å². The summed E-state index contributed by atoms with van der Waals surface area (Å²) in [5.41, 5.74) is 7.91. The Morgan fingerprint density at radius 2 is 2.28 bits per heavy atom. The Kier molecular flexibility index (Phi) is 4.36. The molecule has 2 rings (SSSR count). The van der Waals surface area contributed by atoms with Crippen molar-refractivity contribution in [2.45, 2.75) is 39.3 Å². The van der Waals surface area contributed by atoms with Crippen LogP contribution in [0.3, 0.4) is 0 Å². The molecule has 1 aliphatic rings. The van der Waals surface area contributed by atoms with E-state index < -0.39 is 0 Å². The first-order valence-electron chi connectivity index (χ1n) is 6.79. The van der Waals surface area contributed by atoms with Crippen molar-refractivity contribution < 1.29 is 4.39 Å². The minimum absolute atomic E-state index is 0.120. The van der Waals surface area contributed by atoms with Crippen LogP contribution >= 0.6 is 0 Å². The van der Waals surface area contributed by atoms with E-state index >= 15 is 0 Å². The van der Waals surface area contributed by atoms with Gasteiger partial charge in [-0.05, 0) is 56.3 Å². The number of likely N-dealkylation sites (tertiary alicyclic amines) is 1. The van der Waals surface area contributed by atoms with Gasteiger partial charge in [0.15, 0.2) is 0 Å². The highest BCUT2D eigenvalue weighted by atomic mass is 19.1. The summed E-state index contributed by atoms with van der Waals surface area (Å²) in [7, 11) is 0. The molecule has 100 valence electrons. The first-order chi connectivity index (χ1) is 8.56. The summed E-state index contributed by atoms with van der Waals surface area (Å²) in [5.74, 6) is 0.478. The number of hydrogen-bond donors (Lipinski definition) is 1. The number of piperidine rings is 1. The van der Waals surface area contributed by atoms with Crippen LogP contribution in [0, 0.1) is 18.7 Å². The van der Waals surface area contributed by atoms with Gasteiger partial charge in [-0.15, -0.1) is 0 Å². The van der Waals surface area contributed by atoms with Crippen molar-refractivity contribution in [2.24, 2.45) is 11.7 Å². The van der Waals surface area contributed by atoms with E-state index in [2.05, 4.69) is 11.8 Å². The van der Waals surface area contributed by atoms with Gasteiger partial charge in [0.1, 0.15) is 5.82 Å². The van der Waals surface area contributed by atoms with Gasteiger partial charge < -0.3 is 5.73 Å². The molecule has 0 aromatic heterocycles. The van der Waals surface area contributed by atoms with Crippen LogP contribution < -0.4 is 5.73 Å². The number of hydrogen-bond acceptors (Lipinski definition) is 2. The SMILES string of the molecule is Cc1cc(CN2CCCC(C(C)N)C2)ccc1F. The van der Waals surface area contributed by atoms with Crippen LogP contribution in [-0.4, -0.2) is 24.0 Å². The molecule has 2 N–H and O–H groups in total. The Morgan fingerprint density at radius 3 is 2.94 bits per heavy atom. The molecule has 1 aromatic rings. The van der Waals surface area contributed by atoms with E-state index in [1.165, 1.54) is 18.4 Å². The van der Waals surface area contributed by atoms with Gasteiger partial charge in [-0.2, -0.15) is 0 Å². The molecule has 1 heterocycles. The minimum Gasteiger partial charge on any atom is -0.328 e. The number of halogens is 1. The topological polar surface area (TPSA) is 29.3 Å². The van der Waals surface area contributed by atoms with E-state index in [1.807, 2.05) is 19.1 Å². The normalized spacial score (nSPS) is 23.0. The average molecular weight is 250 g/mol. The third kappa shape index (κ3) is 3.30. The largest absolute Gasteiger partial charge is 0.328 e. The molecule has 3 heteroatoms. The number of rotatable bonds is 3. The van der Waals surface area contributed by atoms with Gasteiger partial charge in [0.05, 0.1) is 0 Å². The van der Waals surface area contributed by atoms with Crippen molar-refractivity contribution in [3.8, 4) is 0 Å². The second-order valence-corrected chi connectivity index (χ2v) is 5.58. The predicted molar refractivity (Wildman–Crippen MR) is 72.8 cm³/mol. The fourth-order valence-electron chi connectivity index (χ4n) is 2.73. The van der Waals surface area contributed by atoms with Gasteiger partial charge in [-0.3, -0.25) is 4.90 Å². The molecule has 0 radical (unpaired) electrons. The first kappa shape index (κ1) is 13.5. The van der Waals surface area contributed by atoms with Crippen LogP contribution in [-0.2, 0) is 6.54 Å². The van der Waals surface area contributed by atoms with Crippen LogP contribution in [0.5, 0.6) is 0 Å². The van der Waals surface area contributed by atoms with E-state index in [0.29, 0.717) is 5.92 Å². The molecule has 0 saturated carbocycles.